The van der Waals surface area contributed by atoms with Crippen LogP contribution in [0, 0.1) is 0 Å². The van der Waals surface area contributed by atoms with Crippen LogP contribution in [0.2, 0.25) is 0 Å². The van der Waals surface area contributed by atoms with E-state index < -0.39 is 5.41 Å². The largest absolute Gasteiger partial charge is 0.457 e. The molecule has 0 saturated heterocycles. The van der Waals surface area contributed by atoms with Crippen molar-refractivity contribution in [2.24, 2.45) is 0 Å². The molecule has 8 aromatic rings. The highest BCUT2D eigenvalue weighted by Gasteiger charge is 2.52. The van der Waals surface area contributed by atoms with Crippen molar-refractivity contribution in [3.63, 3.8) is 0 Å². The Labute approximate surface area is 336 Å². The van der Waals surface area contributed by atoms with Gasteiger partial charge in [0.25, 0.3) is 0 Å². The minimum absolute atomic E-state index is 0.512. The van der Waals surface area contributed by atoms with Gasteiger partial charge in [0, 0.05) is 33.5 Å². The molecule has 0 bridgehead atoms. The number of benzene rings is 7. The van der Waals surface area contributed by atoms with Crippen molar-refractivity contribution in [2.75, 3.05) is 4.90 Å². The number of allylic oxidation sites excluding steroid dienone is 4. The fraction of sp³-hybridized carbons (Fsp3) is 0.0577. The first kappa shape index (κ1) is 32.7. The zero-order chi connectivity index (χ0) is 38.2. The third-order valence-corrected chi connectivity index (χ3v) is 11.9. The Morgan fingerprint density at radius 2 is 1.02 bits per heavy atom. The SMILES string of the molecule is C1=CC2=C(CC1)C1(c3ccccc3Oc3ccc(-c4nc(-c5ccccc5)nc(-c5ccc(N6c7ccccc7Oc7ccccc76)cc5)n4)cc31)c1ccccc12. The molecule has 0 N–H and O–H groups in total. The van der Waals surface area contributed by atoms with Crippen molar-refractivity contribution in [1.29, 1.82) is 0 Å². The maximum Gasteiger partial charge on any atom is 0.164 e. The number of ether oxygens (including phenoxy) is 2. The Hall–Kier alpha value is -7.57. The van der Waals surface area contributed by atoms with Gasteiger partial charge < -0.3 is 14.4 Å². The van der Waals surface area contributed by atoms with Gasteiger partial charge in [0.15, 0.2) is 29.0 Å². The average molecular weight is 747 g/mol. The Balaban J connectivity index is 1.02. The van der Waals surface area contributed by atoms with Gasteiger partial charge in [-0.2, -0.15) is 0 Å². The summed E-state index contributed by atoms with van der Waals surface area (Å²) in [6, 6.07) is 58.7. The fourth-order valence-corrected chi connectivity index (χ4v) is 9.40. The van der Waals surface area contributed by atoms with Crippen LogP contribution >= 0.6 is 0 Å². The number of hydrogen-bond acceptors (Lipinski definition) is 6. The van der Waals surface area contributed by atoms with Gasteiger partial charge in [0.05, 0.1) is 16.8 Å². The molecule has 6 heteroatoms. The van der Waals surface area contributed by atoms with Gasteiger partial charge in [-0.1, -0.05) is 109 Å². The van der Waals surface area contributed by atoms with Crippen LogP contribution in [-0.4, -0.2) is 15.0 Å². The molecule has 4 aliphatic rings. The topological polar surface area (TPSA) is 60.4 Å². The second-order valence-electron chi connectivity index (χ2n) is 15.0. The smallest absolute Gasteiger partial charge is 0.164 e. The van der Waals surface area contributed by atoms with E-state index in [2.05, 4.69) is 120 Å². The van der Waals surface area contributed by atoms with E-state index in [9.17, 15) is 0 Å². The molecule has 0 saturated carbocycles. The first-order valence-corrected chi connectivity index (χ1v) is 19.7. The van der Waals surface area contributed by atoms with Crippen LogP contribution in [0.1, 0.15) is 35.1 Å². The predicted octanol–water partition coefficient (Wildman–Crippen LogP) is 13.0. The van der Waals surface area contributed by atoms with Crippen LogP contribution in [0.15, 0.2) is 188 Å². The second-order valence-corrected chi connectivity index (χ2v) is 15.0. The molecule has 1 aromatic heterocycles. The molecular weight excluding hydrogens is 713 g/mol. The molecule has 7 aromatic carbocycles. The zero-order valence-corrected chi connectivity index (χ0v) is 31.3. The minimum atomic E-state index is -0.512. The zero-order valence-electron chi connectivity index (χ0n) is 31.3. The van der Waals surface area contributed by atoms with Gasteiger partial charge in [-0.25, -0.2) is 15.0 Å². The van der Waals surface area contributed by atoms with Crippen molar-refractivity contribution in [3.05, 3.63) is 210 Å². The Morgan fingerprint density at radius 3 is 1.76 bits per heavy atom. The Morgan fingerprint density at radius 1 is 0.466 bits per heavy atom. The highest BCUT2D eigenvalue weighted by molar-refractivity contribution is 5.93. The normalized spacial score (nSPS) is 16.7. The number of anilines is 3. The molecule has 0 amide bonds. The lowest BCUT2D eigenvalue weighted by molar-refractivity contribution is 0.432. The van der Waals surface area contributed by atoms with Crippen molar-refractivity contribution < 1.29 is 9.47 Å². The van der Waals surface area contributed by atoms with E-state index in [0.29, 0.717) is 17.5 Å². The van der Waals surface area contributed by atoms with Gasteiger partial charge in [-0.15, -0.1) is 0 Å². The summed E-state index contributed by atoms with van der Waals surface area (Å²) >= 11 is 0. The summed E-state index contributed by atoms with van der Waals surface area (Å²) < 4.78 is 13.0. The van der Waals surface area contributed by atoms with Crippen LogP contribution in [0.3, 0.4) is 0 Å². The maximum absolute atomic E-state index is 6.74. The molecule has 1 unspecified atom stereocenters. The van der Waals surface area contributed by atoms with E-state index in [4.69, 9.17) is 24.4 Å². The standard InChI is InChI=1S/C52H34N4O2/c1-2-14-33(15-3-1)49-53-50(34-26-29-36(30-27-34)56-43-21-9-12-24-47(43)58-48-25-13-10-22-44(48)56)55-51(54-49)35-28-31-46-42(32-35)52(41-20-8-11-23-45(41)57-46)39-18-6-4-16-37(39)38-17-5-7-19-40(38)52/h1-6,8-18,20-32H,7,19H2. The lowest BCUT2D eigenvalue weighted by Crippen LogP contribution is -2.33. The number of nitrogens with zero attached hydrogens (tertiary/aromatic N) is 4. The summed E-state index contributed by atoms with van der Waals surface area (Å²) in [4.78, 5) is 17.7. The summed E-state index contributed by atoms with van der Waals surface area (Å²) in [5.74, 6) is 5.18. The molecule has 6 nitrogen and oxygen atoms in total. The van der Waals surface area contributed by atoms with E-state index in [1.165, 1.54) is 27.8 Å². The quantitative estimate of drug-likeness (QED) is 0.179. The van der Waals surface area contributed by atoms with Gasteiger partial charge in [-0.3, -0.25) is 0 Å². The summed E-state index contributed by atoms with van der Waals surface area (Å²) in [5.41, 5.74) is 12.7. The van der Waals surface area contributed by atoms with Gasteiger partial charge in [-0.05, 0) is 108 Å². The molecule has 2 aliphatic heterocycles. The molecule has 58 heavy (non-hydrogen) atoms. The van der Waals surface area contributed by atoms with Crippen molar-refractivity contribution in [1.82, 2.24) is 15.0 Å². The highest BCUT2D eigenvalue weighted by Crippen LogP contribution is 2.63. The molecular formula is C52H34N4O2. The van der Waals surface area contributed by atoms with Crippen molar-refractivity contribution in [3.8, 4) is 57.2 Å². The van der Waals surface area contributed by atoms with Crippen molar-refractivity contribution in [2.45, 2.75) is 18.3 Å². The molecule has 12 rings (SSSR count). The summed E-state index contributed by atoms with van der Waals surface area (Å²) in [6.45, 7) is 0. The molecule has 2 aliphatic carbocycles. The third kappa shape index (κ3) is 4.81. The van der Waals surface area contributed by atoms with Crippen molar-refractivity contribution >= 4 is 22.6 Å². The van der Waals surface area contributed by atoms with E-state index >= 15 is 0 Å². The second kappa shape index (κ2) is 12.7. The van der Waals surface area contributed by atoms with Crippen LogP contribution in [-0.2, 0) is 5.41 Å². The molecule has 1 spiro atoms. The van der Waals surface area contributed by atoms with Gasteiger partial charge in [0.2, 0.25) is 0 Å². The maximum atomic E-state index is 6.74. The summed E-state index contributed by atoms with van der Waals surface area (Å²) in [7, 11) is 0. The van der Waals surface area contributed by atoms with Gasteiger partial charge >= 0.3 is 0 Å². The van der Waals surface area contributed by atoms with Crippen LogP contribution in [0.5, 0.6) is 23.0 Å². The van der Waals surface area contributed by atoms with E-state index in [-0.39, 0.29) is 0 Å². The monoisotopic (exact) mass is 746 g/mol. The van der Waals surface area contributed by atoms with Gasteiger partial charge in [0.1, 0.15) is 11.5 Å². The number of rotatable bonds is 4. The Bertz CT molecular complexity index is 2980. The first-order chi connectivity index (χ1) is 28.7. The van der Waals surface area contributed by atoms with E-state index in [1.807, 2.05) is 66.7 Å². The minimum Gasteiger partial charge on any atom is -0.457 e. The fourth-order valence-electron chi connectivity index (χ4n) is 9.40. The number of hydrogen-bond donors (Lipinski definition) is 0. The summed E-state index contributed by atoms with van der Waals surface area (Å²) in [6.07, 6.45) is 6.58. The van der Waals surface area contributed by atoms with Crippen LogP contribution < -0.4 is 14.4 Å². The number of fused-ring (bicyclic) bond motifs is 10. The average Bonchev–Trinajstić information content (AvgIpc) is 3.59. The molecule has 274 valence electrons. The lowest BCUT2D eigenvalue weighted by atomic mass is 9.64. The number of aromatic nitrogens is 3. The summed E-state index contributed by atoms with van der Waals surface area (Å²) in [5, 5.41) is 0. The first-order valence-electron chi connectivity index (χ1n) is 19.7. The number of para-hydroxylation sites is 5. The van der Waals surface area contributed by atoms with E-state index in [0.717, 1.165) is 75.2 Å². The van der Waals surface area contributed by atoms with Crippen LogP contribution in [0.25, 0.3) is 39.7 Å². The predicted molar refractivity (Wildman–Crippen MR) is 229 cm³/mol. The molecule has 1 atom stereocenters. The Kier molecular flexibility index (Phi) is 7.17. The lowest BCUT2D eigenvalue weighted by Gasteiger charge is -2.41. The highest BCUT2D eigenvalue weighted by atomic mass is 16.5. The van der Waals surface area contributed by atoms with E-state index in [1.54, 1.807) is 0 Å². The third-order valence-electron chi connectivity index (χ3n) is 11.9. The molecule has 0 fully saturated rings. The van der Waals surface area contributed by atoms with Crippen LogP contribution in [0.4, 0.5) is 17.1 Å². The molecule has 0 radical (unpaired) electrons. The molecule has 3 heterocycles.